The Morgan fingerprint density at radius 2 is 2.04 bits per heavy atom. The maximum Gasteiger partial charge on any atom is 0.340 e. The van der Waals surface area contributed by atoms with Crippen LogP contribution in [0.1, 0.15) is 61.1 Å². The third kappa shape index (κ3) is 3.75. The van der Waals surface area contributed by atoms with Gasteiger partial charge in [-0.25, -0.2) is 4.79 Å². The average molecular weight is 380 g/mol. The van der Waals surface area contributed by atoms with Gasteiger partial charge in [-0.2, -0.15) is 0 Å². The number of benzene rings is 1. The summed E-state index contributed by atoms with van der Waals surface area (Å²) >= 11 is 6.26. The number of halogens is 1. The fourth-order valence-electron chi connectivity index (χ4n) is 3.57. The van der Waals surface area contributed by atoms with Crippen molar-refractivity contribution >= 4 is 28.5 Å². The number of carbonyl (C=O) groups is 1. The second-order valence-electron chi connectivity index (χ2n) is 7.94. The van der Waals surface area contributed by atoms with Gasteiger partial charge in [-0.15, -0.1) is 0 Å². The Labute approximate surface area is 158 Å². The number of aryl methyl sites for hydroxylation is 1. The number of nitrogens with zero attached hydrogens (tertiary/aromatic N) is 1. The van der Waals surface area contributed by atoms with Gasteiger partial charge in [0.15, 0.2) is 6.29 Å². The monoisotopic (exact) mass is 379 g/mol. The third-order valence-electron chi connectivity index (χ3n) is 4.53. The van der Waals surface area contributed by atoms with Crippen LogP contribution in [0.5, 0.6) is 0 Å². The highest BCUT2D eigenvalue weighted by Crippen LogP contribution is 2.46. The zero-order valence-electron chi connectivity index (χ0n) is 15.9. The molecule has 1 aromatic heterocycles. The van der Waals surface area contributed by atoms with Gasteiger partial charge in [0.05, 0.1) is 30.3 Å². The van der Waals surface area contributed by atoms with Gasteiger partial charge in [-0.05, 0) is 58.2 Å². The number of ether oxygens (including phenoxy) is 2. The van der Waals surface area contributed by atoms with E-state index >= 15 is 0 Å². The molecule has 0 radical (unpaired) electrons. The van der Waals surface area contributed by atoms with E-state index in [1.54, 1.807) is 6.07 Å². The molecular weight excluding hydrogens is 354 g/mol. The van der Waals surface area contributed by atoms with Crippen LogP contribution in [0.15, 0.2) is 12.1 Å². The van der Waals surface area contributed by atoms with Crippen LogP contribution < -0.4 is 0 Å². The first kappa shape index (κ1) is 19.2. The lowest BCUT2D eigenvalue weighted by Gasteiger charge is -2.25. The van der Waals surface area contributed by atoms with E-state index in [1.165, 1.54) is 7.11 Å². The van der Waals surface area contributed by atoms with Gasteiger partial charge < -0.3 is 19.1 Å². The molecule has 0 spiro atoms. The van der Waals surface area contributed by atoms with E-state index in [4.69, 9.17) is 21.1 Å². The van der Waals surface area contributed by atoms with Gasteiger partial charge in [0.25, 0.3) is 0 Å². The zero-order valence-corrected chi connectivity index (χ0v) is 16.7. The number of methoxy groups -OCH3 is 1. The molecule has 5 nitrogen and oxygen atoms in total. The molecule has 1 saturated carbocycles. The third-order valence-corrected chi connectivity index (χ3v) is 4.75. The van der Waals surface area contributed by atoms with Crippen LogP contribution >= 0.6 is 11.6 Å². The Balaban J connectivity index is 2.20. The summed E-state index contributed by atoms with van der Waals surface area (Å²) in [5.74, 6) is -0.0833. The minimum Gasteiger partial charge on any atom is -0.465 e. The maximum absolute atomic E-state index is 12.6. The van der Waals surface area contributed by atoms with Crippen molar-refractivity contribution in [1.29, 1.82) is 0 Å². The molecule has 142 valence electrons. The second-order valence-corrected chi connectivity index (χ2v) is 8.38. The first-order chi connectivity index (χ1) is 12.1. The quantitative estimate of drug-likeness (QED) is 0.617. The van der Waals surface area contributed by atoms with Gasteiger partial charge in [-0.3, -0.25) is 0 Å². The second kappa shape index (κ2) is 6.87. The van der Waals surface area contributed by atoms with E-state index in [0.29, 0.717) is 10.6 Å². The molecule has 3 rings (SSSR count). The summed E-state index contributed by atoms with van der Waals surface area (Å²) in [5.41, 5.74) is 2.85. The predicted octanol–water partition coefficient (Wildman–Crippen LogP) is 4.40. The summed E-state index contributed by atoms with van der Waals surface area (Å²) in [6, 6.07) is 3.67. The minimum absolute atomic E-state index is 0.249. The van der Waals surface area contributed by atoms with Crippen LogP contribution in [-0.4, -0.2) is 34.6 Å². The Morgan fingerprint density at radius 1 is 1.38 bits per heavy atom. The molecule has 1 unspecified atom stereocenters. The first-order valence-electron chi connectivity index (χ1n) is 8.89. The Bertz CT molecular complexity index is 846. The van der Waals surface area contributed by atoms with Crippen molar-refractivity contribution in [3.05, 3.63) is 34.0 Å². The molecule has 0 bridgehead atoms. The summed E-state index contributed by atoms with van der Waals surface area (Å²) in [6.45, 7) is 7.91. The molecule has 0 saturated heterocycles. The number of aromatic nitrogens is 1. The normalized spacial score (nSPS) is 16.1. The topological polar surface area (TPSA) is 60.7 Å². The van der Waals surface area contributed by atoms with Crippen LogP contribution in [0.25, 0.3) is 10.9 Å². The molecule has 6 heteroatoms. The van der Waals surface area contributed by atoms with Crippen LogP contribution in [0.3, 0.4) is 0 Å². The number of hydrogen-bond donors (Lipinski definition) is 1. The molecule has 1 aliphatic carbocycles. The van der Waals surface area contributed by atoms with Crippen molar-refractivity contribution in [3.63, 3.8) is 0 Å². The Hall–Kier alpha value is -1.56. The van der Waals surface area contributed by atoms with Crippen molar-refractivity contribution in [2.24, 2.45) is 0 Å². The van der Waals surface area contributed by atoms with Gasteiger partial charge in [-0.1, -0.05) is 11.6 Å². The molecule has 26 heavy (non-hydrogen) atoms. The molecule has 2 aromatic rings. The number of carbonyl (C=O) groups excluding carboxylic acids is 1. The summed E-state index contributed by atoms with van der Waals surface area (Å²) < 4.78 is 12.8. The molecule has 1 aromatic carbocycles. The first-order valence-corrected chi connectivity index (χ1v) is 9.26. The molecule has 0 aliphatic heterocycles. The van der Waals surface area contributed by atoms with E-state index in [2.05, 4.69) is 0 Å². The molecule has 1 fully saturated rings. The van der Waals surface area contributed by atoms with E-state index < -0.39 is 11.9 Å². The number of aliphatic hydroxyl groups excluding tert-OH is 1. The Morgan fingerprint density at radius 3 is 2.58 bits per heavy atom. The fourth-order valence-corrected chi connectivity index (χ4v) is 3.84. The van der Waals surface area contributed by atoms with Crippen molar-refractivity contribution in [2.75, 3.05) is 7.11 Å². The Kier molecular flexibility index (Phi) is 5.08. The van der Waals surface area contributed by atoms with Crippen LogP contribution in [0.2, 0.25) is 5.02 Å². The largest absolute Gasteiger partial charge is 0.465 e. The van der Waals surface area contributed by atoms with E-state index in [1.807, 2.05) is 38.3 Å². The lowest BCUT2D eigenvalue weighted by Crippen LogP contribution is -2.30. The molecule has 1 N–H and O–H groups in total. The smallest absolute Gasteiger partial charge is 0.340 e. The molecular formula is C20H26ClNO4. The SMILES string of the molecule is COC(=O)c1c(C2CC2)n(CC(O)OC(C)(C)C)c2c(C)cc(Cl)cc12. The van der Waals surface area contributed by atoms with Gasteiger partial charge in [0, 0.05) is 22.0 Å². The lowest BCUT2D eigenvalue weighted by molar-refractivity contribution is -0.171. The zero-order chi connectivity index (χ0) is 19.2. The van der Waals surface area contributed by atoms with E-state index in [-0.39, 0.29) is 18.4 Å². The van der Waals surface area contributed by atoms with Crippen molar-refractivity contribution in [3.8, 4) is 0 Å². The highest BCUT2D eigenvalue weighted by molar-refractivity contribution is 6.31. The van der Waals surface area contributed by atoms with E-state index in [0.717, 1.165) is 35.0 Å². The van der Waals surface area contributed by atoms with Crippen LogP contribution in [0, 0.1) is 6.92 Å². The number of aliphatic hydroxyl groups is 1. The molecule has 1 atom stereocenters. The average Bonchev–Trinajstić information content (AvgIpc) is 3.28. The van der Waals surface area contributed by atoms with Gasteiger partial charge >= 0.3 is 5.97 Å². The predicted molar refractivity (Wildman–Crippen MR) is 102 cm³/mol. The summed E-state index contributed by atoms with van der Waals surface area (Å²) in [7, 11) is 1.39. The van der Waals surface area contributed by atoms with Crippen molar-refractivity contribution in [2.45, 2.75) is 64.9 Å². The summed E-state index contributed by atoms with van der Waals surface area (Å²) in [5, 5.41) is 11.8. The summed E-state index contributed by atoms with van der Waals surface area (Å²) in [6.07, 6.45) is 1.05. The number of esters is 1. The minimum atomic E-state index is -0.983. The number of fused-ring (bicyclic) bond motifs is 1. The fraction of sp³-hybridized carbons (Fsp3) is 0.550. The number of rotatable bonds is 5. The maximum atomic E-state index is 12.6. The standard InChI is InChI=1S/C20H26ClNO4/c1-11-8-13(21)9-14-16(19(24)25-5)18(12-6-7-12)22(17(11)14)10-15(23)26-20(2,3)4/h8-9,12,15,23H,6-7,10H2,1-5H3. The van der Waals surface area contributed by atoms with Crippen LogP contribution in [-0.2, 0) is 16.0 Å². The summed E-state index contributed by atoms with van der Waals surface area (Å²) in [4.78, 5) is 12.6. The molecule has 0 amide bonds. The lowest BCUT2D eigenvalue weighted by atomic mass is 10.1. The highest BCUT2D eigenvalue weighted by Gasteiger charge is 2.36. The molecule has 1 heterocycles. The van der Waals surface area contributed by atoms with Gasteiger partial charge in [0.1, 0.15) is 0 Å². The van der Waals surface area contributed by atoms with Crippen molar-refractivity contribution in [1.82, 2.24) is 4.57 Å². The highest BCUT2D eigenvalue weighted by atomic mass is 35.5. The van der Waals surface area contributed by atoms with Gasteiger partial charge in [0.2, 0.25) is 0 Å². The number of hydrogen-bond acceptors (Lipinski definition) is 4. The van der Waals surface area contributed by atoms with Crippen LogP contribution in [0.4, 0.5) is 0 Å². The van der Waals surface area contributed by atoms with E-state index in [9.17, 15) is 9.90 Å². The van der Waals surface area contributed by atoms with Crippen molar-refractivity contribution < 1.29 is 19.4 Å². The molecule has 1 aliphatic rings.